The summed E-state index contributed by atoms with van der Waals surface area (Å²) >= 11 is 0. The maximum absolute atomic E-state index is 11.0. The van der Waals surface area contributed by atoms with Gasteiger partial charge in [-0.15, -0.1) is 0 Å². The van der Waals surface area contributed by atoms with E-state index in [2.05, 4.69) is 6.58 Å². The first-order valence-electron chi connectivity index (χ1n) is 3.01. The molecule has 9 heavy (non-hydrogen) atoms. The Hall–Kier alpha value is -0.790. The van der Waals surface area contributed by atoms with E-state index < -0.39 is 0 Å². The van der Waals surface area contributed by atoms with Crippen LogP contribution >= 0.6 is 0 Å². The van der Waals surface area contributed by atoms with E-state index in [1.54, 1.807) is 19.0 Å². The van der Waals surface area contributed by atoms with E-state index in [0.717, 1.165) is 12.0 Å². The van der Waals surface area contributed by atoms with Crippen molar-refractivity contribution in [3.63, 3.8) is 0 Å². The van der Waals surface area contributed by atoms with Crippen molar-refractivity contribution in [3.8, 4) is 0 Å². The summed E-state index contributed by atoms with van der Waals surface area (Å²) in [6.45, 7) is 3.70. The number of nitrogens with zero attached hydrogens (tertiary/aromatic N) is 1. The summed E-state index contributed by atoms with van der Waals surface area (Å²) in [7, 11) is 3.54. The zero-order valence-electron chi connectivity index (χ0n) is 5.85. The zero-order chi connectivity index (χ0) is 7.02. The van der Waals surface area contributed by atoms with Crippen molar-refractivity contribution in [2.45, 2.75) is 6.42 Å². The molecule has 1 aliphatic carbocycles. The molecule has 2 heteroatoms. The van der Waals surface area contributed by atoms with E-state index >= 15 is 0 Å². The molecule has 0 aromatic carbocycles. The molecule has 1 fully saturated rings. The third-order valence-corrected chi connectivity index (χ3v) is 1.54. The van der Waals surface area contributed by atoms with Crippen LogP contribution < -0.4 is 0 Å². The molecule has 0 aromatic heterocycles. The predicted octanol–water partition coefficient (Wildman–Crippen LogP) is 0.651. The Labute approximate surface area is 55.2 Å². The van der Waals surface area contributed by atoms with Crippen LogP contribution in [0.3, 0.4) is 0 Å². The lowest BCUT2D eigenvalue weighted by atomic mass is 10.3. The largest absolute Gasteiger partial charge is 0.348 e. The van der Waals surface area contributed by atoms with Gasteiger partial charge in [-0.25, -0.2) is 0 Å². The molecular formula is C7H11NO. The number of carbonyl (C=O) groups excluding carboxylic acids is 1. The minimum absolute atomic E-state index is 0.153. The molecule has 1 unspecified atom stereocenters. The molecule has 1 saturated carbocycles. The van der Waals surface area contributed by atoms with Gasteiger partial charge in [0.05, 0.1) is 5.92 Å². The first-order valence-corrected chi connectivity index (χ1v) is 3.01. The van der Waals surface area contributed by atoms with Crippen LogP contribution in [0.5, 0.6) is 0 Å². The fraction of sp³-hybridized carbons (Fsp3) is 0.571. The molecule has 1 amide bonds. The normalized spacial score (nSPS) is 23.8. The maximum Gasteiger partial charge on any atom is 0.229 e. The van der Waals surface area contributed by atoms with Crippen LogP contribution in [0.4, 0.5) is 0 Å². The quantitative estimate of drug-likeness (QED) is 0.471. The Bertz CT molecular complexity index is 160. The van der Waals surface area contributed by atoms with Gasteiger partial charge in [-0.05, 0) is 6.42 Å². The molecular weight excluding hydrogens is 114 g/mol. The summed E-state index contributed by atoms with van der Waals surface area (Å²) in [6.07, 6.45) is 0.900. The lowest BCUT2D eigenvalue weighted by Gasteiger charge is -2.07. The second kappa shape index (κ2) is 1.87. The second-order valence-electron chi connectivity index (χ2n) is 2.65. The average Bonchev–Trinajstić information content (AvgIpc) is 2.44. The fourth-order valence-corrected chi connectivity index (χ4v) is 0.777. The Morgan fingerprint density at radius 3 is 2.33 bits per heavy atom. The van der Waals surface area contributed by atoms with Crippen molar-refractivity contribution in [1.29, 1.82) is 0 Å². The molecule has 1 aliphatic rings. The monoisotopic (exact) mass is 125 g/mol. The molecule has 0 heterocycles. The average molecular weight is 125 g/mol. The summed E-state index contributed by atoms with van der Waals surface area (Å²) < 4.78 is 0. The van der Waals surface area contributed by atoms with E-state index in [1.165, 1.54) is 0 Å². The van der Waals surface area contributed by atoms with E-state index in [0.29, 0.717) is 0 Å². The molecule has 1 atom stereocenters. The molecule has 0 radical (unpaired) electrons. The molecule has 0 saturated heterocycles. The van der Waals surface area contributed by atoms with Crippen LogP contribution in [0.25, 0.3) is 0 Å². The molecule has 0 N–H and O–H groups in total. The maximum atomic E-state index is 11.0. The molecule has 2 nitrogen and oxygen atoms in total. The number of rotatable bonds is 1. The standard InChI is InChI=1S/C7H11NO/c1-5-4-6(5)7(9)8(2)3/h6H,1,4H2,2-3H3. The van der Waals surface area contributed by atoms with Crippen LogP contribution in [-0.2, 0) is 4.79 Å². The topological polar surface area (TPSA) is 20.3 Å². The van der Waals surface area contributed by atoms with Gasteiger partial charge in [0.2, 0.25) is 5.91 Å². The van der Waals surface area contributed by atoms with Gasteiger partial charge in [-0.1, -0.05) is 12.2 Å². The lowest BCUT2D eigenvalue weighted by molar-refractivity contribution is -0.129. The van der Waals surface area contributed by atoms with Crippen LogP contribution in [0, 0.1) is 5.92 Å². The van der Waals surface area contributed by atoms with Crippen molar-refractivity contribution < 1.29 is 4.79 Å². The number of hydrogen-bond acceptors (Lipinski definition) is 1. The Kier molecular flexibility index (Phi) is 1.31. The highest BCUT2D eigenvalue weighted by Gasteiger charge is 2.35. The van der Waals surface area contributed by atoms with Gasteiger partial charge in [-0.3, -0.25) is 4.79 Å². The van der Waals surface area contributed by atoms with Crippen LogP contribution in [-0.4, -0.2) is 24.9 Å². The summed E-state index contributed by atoms with van der Waals surface area (Å²) in [5, 5.41) is 0. The highest BCUT2D eigenvalue weighted by Crippen LogP contribution is 2.36. The second-order valence-corrected chi connectivity index (χ2v) is 2.65. The molecule has 1 rings (SSSR count). The molecule has 0 aliphatic heterocycles. The highest BCUT2D eigenvalue weighted by molar-refractivity contribution is 5.85. The number of carbonyl (C=O) groups is 1. The van der Waals surface area contributed by atoms with Gasteiger partial charge >= 0.3 is 0 Å². The predicted molar refractivity (Wildman–Crippen MR) is 35.9 cm³/mol. The smallest absolute Gasteiger partial charge is 0.229 e. The molecule has 0 aromatic rings. The highest BCUT2D eigenvalue weighted by atomic mass is 16.2. The van der Waals surface area contributed by atoms with Gasteiger partial charge in [0, 0.05) is 14.1 Å². The van der Waals surface area contributed by atoms with Crippen molar-refractivity contribution >= 4 is 5.91 Å². The van der Waals surface area contributed by atoms with Crippen molar-refractivity contribution in [1.82, 2.24) is 4.90 Å². The molecule has 50 valence electrons. The van der Waals surface area contributed by atoms with Gasteiger partial charge in [0.1, 0.15) is 0 Å². The van der Waals surface area contributed by atoms with Gasteiger partial charge in [-0.2, -0.15) is 0 Å². The first kappa shape index (κ1) is 6.33. The summed E-state index contributed by atoms with van der Waals surface area (Å²) in [5.41, 5.74) is 1.08. The lowest BCUT2D eigenvalue weighted by Crippen LogP contribution is -2.23. The zero-order valence-corrected chi connectivity index (χ0v) is 5.85. The number of amides is 1. The minimum atomic E-state index is 0.153. The van der Waals surface area contributed by atoms with Gasteiger partial charge in [0.25, 0.3) is 0 Å². The third-order valence-electron chi connectivity index (χ3n) is 1.54. The number of hydrogen-bond donors (Lipinski definition) is 0. The fourth-order valence-electron chi connectivity index (χ4n) is 0.777. The SMILES string of the molecule is C=C1CC1C(=O)N(C)C. The summed E-state index contributed by atoms with van der Waals surface area (Å²) in [5.74, 6) is 0.347. The third kappa shape index (κ3) is 1.12. The van der Waals surface area contributed by atoms with Crippen LogP contribution in [0.15, 0.2) is 12.2 Å². The van der Waals surface area contributed by atoms with E-state index in [-0.39, 0.29) is 11.8 Å². The Morgan fingerprint density at radius 1 is 1.78 bits per heavy atom. The summed E-state index contributed by atoms with van der Waals surface area (Å²) in [6, 6.07) is 0. The van der Waals surface area contributed by atoms with Crippen LogP contribution in [0.1, 0.15) is 6.42 Å². The van der Waals surface area contributed by atoms with Gasteiger partial charge in [0.15, 0.2) is 0 Å². The first-order chi connectivity index (χ1) is 4.13. The summed E-state index contributed by atoms with van der Waals surface area (Å²) in [4.78, 5) is 12.6. The van der Waals surface area contributed by atoms with E-state index in [9.17, 15) is 4.79 Å². The van der Waals surface area contributed by atoms with Gasteiger partial charge < -0.3 is 4.90 Å². The van der Waals surface area contributed by atoms with Crippen LogP contribution in [0.2, 0.25) is 0 Å². The van der Waals surface area contributed by atoms with Crippen molar-refractivity contribution in [2.75, 3.05) is 14.1 Å². The van der Waals surface area contributed by atoms with Crippen molar-refractivity contribution in [3.05, 3.63) is 12.2 Å². The molecule has 0 spiro atoms. The van der Waals surface area contributed by atoms with E-state index in [1.807, 2.05) is 0 Å². The Balaban J connectivity index is 2.45. The Morgan fingerprint density at radius 2 is 2.22 bits per heavy atom. The van der Waals surface area contributed by atoms with E-state index in [4.69, 9.17) is 0 Å². The minimum Gasteiger partial charge on any atom is -0.348 e. The molecule has 0 bridgehead atoms. The van der Waals surface area contributed by atoms with Crippen molar-refractivity contribution in [2.24, 2.45) is 5.92 Å².